The summed E-state index contributed by atoms with van der Waals surface area (Å²) in [5, 5.41) is 0. The summed E-state index contributed by atoms with van der Waals surface area (Å²) in [7, 11) is -4.20. The third-order valence-electron chi connectivity index (χ3n) is 4.00. The molecule has 1 aromatic heterocycles. The predicted octanol–water partition coefficient (Wildman–Crippen LogP) is 5.34. The molecule has 3 aromatic rings. The van der Waals surface area contributed by atoms with Gasteiger partial charge in [0.05, 0.1) is 11.4 Å². The summed E-state index contributed by atoms with van der Waals surface area (Å²) < 4.78 is 133. The first-order chi connectivity index (χ1) is 14.6. The predicted molar refractivity (Wildman–Crippen MR) is 94.2 cm³/mol. The van der Waals surface area contributed by atoms with E-state index in [1.54, 1.807) is 4.98 Å². The van der Waals surface area contributed by atoms with Crippen LogP contribution in [-0.2, 0) is 16.0 Å². The number of hydrogen-bond donors (Lipinski definition) is 1. The van der Waals surface area contributed by atoms with Gasteiger partial charge in [-0.1, -0.05) is 12.1 Å². The maximum absolute atomic E-state index is 14.6. The molecule has 3 rings (SSSR count). The quantitative estimate of drug-likeness (QED) is 0.506. The van der Waals surface area contributed by atoms with E-state index in [9.17, 15) is 43.5 Å². The van der Waals surface area contributed by atoms with Crippen LogP contribution >= 0.6 is 0 Å². The third-order valence-corrected chi connectivity index (χ3v) is 5.12. The van der Waals surface area contributed by atoms with Crippen LogP contribution in [0.25, 0.3) is 22.5 Å². The Morgan fingerprint density at radius 2 is 1.62 bits per heavy atom. The van der Waals surface area contributed by atoms with Crippen molar-refractivity contribution in [2.75, 3.05) is 6.26 Å². The molecule has 0 aliphatic carbocycles. The number of aromatic amines is 1. The van der Waals surface area contributed by atoms with Crippen LogP contribution < -0.4 is 4.74 Å². The number of halogens is 8. The van der Waals surface area contributed by atoms with Gasteiger partial charge < -0.3 is 9.72 Å². The van der Waals surface area contributed by atoms with Gasteiger partial charge in [0, 0.05) is 17.4 Å². The average Bonchev–Trinajstić information content (AvgIpc) is 3.06. The fourth-order valence-electron chi connectivity index (χ4n) is 2.76. The van der Waals surface area contributed by atoms with Gasteiger partial charge >= 0.3 is 12.5 Å². The first-order valence-electron chi connectivity index (χ1n) is 8.29. The molecule has 0 fully saturated rings. The van der Waals surface area contributed by atoms with Gasteiger partial charge in [0.25, 0.3) is 0 Å². The van der Waals surface area contributed by atoms with Crippen molar-refractivity contribution in [3.8, 4) is 28.3 Å². The molecule has 14 heteroatoms. The monoisotopic (exact) mass is 486 g/mol. The lowest BCUT2D eigenvalue weighted by atomic mass is 10.0. The van der Waals surface area contributed by atoms with Crippen molar-refractivity contribution >= 4 is 9.84 Å². The number of nitrogens with one attached hydrogen (secondary N) is 1. The Hall–Kier alpha value is -3.16. The summed E-state index contributed by atoms with van der Waals surface area (Å²) in [5.74, 6) is -5.30. The van der Waals surface area contributed by atoms with E-state index < -0.39 is 67.4 Å². The van der Waals surface area contributed by atoms with Crippen LogP contribution in [0.1, 0.15) is 5.82 Å². The van der Waals surface area contributed by atoms with Crippen molar-refractivity contribution in [1.29, 1.82) is 0 Å². The first kappa shape index (κ1) is 23.5. The SMILES string of the molecule is CS(=O)(=O)c1cc(F)c(-c2[nH]c(C(F)(F)F)nc2-c2cccc(OC(F)(F)F)c2)cc1F. The smallest absolute Gasteiger partial charge is 0.406 e. The summed E-state index contributed by atoms with van der Waals surface area (Å²) in [5.41, 5.74) is -2.58. The molecule has 0 amide bonds. The zero-order chi connectivity index (χ0) is 24.1. The number of sulfone groups is 1. The van der Waals surface area contributed by atoms with Crippen LogP contribution in [0.2, 0.25) is 0 Å². The normalized spacial score (nSPS) is 12.8. The molecular weight excluding hydrogens is 476 g/mol. The highest BCUT2D eigenvalue weighted by Gasteiger charge is 2.37. The minimum atomic E-state index is -5.10. The molecule has 172 valence electrons. The second-order valence-electron chi connectivity index (χ2n) is 6.42. The highest BCUT2D eigenvalue weighted by Crippen LogP contribution is 2.38. The lowest BCUT2D eigenvalue weighted by molar-refractivity contribution is -0.274. The number of H-pyrrole nitrogens is 1. The number of nitrogens with zero attached hydrogens (tertiary/aromatic N) is 1. The van der Waals surface area contributed by atoms with E-state index in [-0.39, 0.29) is 11.6 Å². The molecule has 0 atom stereocenters. The van der Waals surface area contributed by atoms with Crippen LogP contribution in [0, 0.1) is 11.6 Å². The lowest BCUT2D eigenvalue weighted by Crippen LogP contribution is -2.17. The fraction of sp³-hybridized carbons (Fsp3) is 0.167. The van der Waals surface area contributed by atoms with E-state index in [4.69, 9.17) is 0 Å². The van der Waals surface area contributed by atoms with E-state index in [2.05, 4.69) is 9.72 Å². The minimum absolute atomic E-state index is 0.279. The molecular formula is C18H10F8N2O3S. The Balaban J connectivity index is 2.24. The van der Waals surface area contributed by atoms with Gasteiger partial charge in [-0.2, -0.15) is 13.2 Å². The van der Waals surface area contributed by atoms with Crippen LogP contribution in [-0.4, -0.2) is 31.0 Å². The maximum atomic E-state index is 14.6. The second kappa shape index (κ2) is 7.76. The number of alkyl halides is 6. The van der Waals surface area contributed by atoms with E-state index in [0.717, 1.165) is 18.2 Å². The minimum Gasteiger partial charge on any atom is -0.406 e. The van der Waals surface area contributed by atoms with Crippen molar-refractivity contribution in [2.45, 2.75) is 17.4 Å². The van der Waals surface area contributed by atoms with Gasteiger partial charge in [-0.15, -0.1) is 13.2 Å². The van der Waals surface area contributed by atoms with E-state index in [0.29, 0.717) is 18.4 Å². The largest absolute Gasteiger partial charge is 0.573 e. The Morgan fingerprint density at radius 1 is 0.969 bits per heavy atom. The van der Waals surface area contributed by atoms with E-state index >= 15 is 0 Å². The Bertz CT molecular complexity index is 1280. The Kier molecular flexibility index (Phi) is 5.70. The number of ether oxygens (including phenoxy) is 1. The number of imidazole rings is 1. The zero-order valence-corrected chi connectivity index (χ0v) is 16.4. The third kappa shape index (κ3) is 5.00. The molecule has 0 bridgehead atoms. The topological polar surface area (TPSA) is 72.0 Å². The van der Waals surface area contributed by atoms with Gasteiger partial charge in [0.15, 0.2) is 9.84 Å². The first-order valence-corrected chi connectivity index (χ1v) is 10.2. The lowest BCUT2D eigenvalue weighted by Gasteiger charge is -2.11. The summed E-state index contributed by atoms with van der Waals surface area (Å²) in [6, 6.07) is 4.29. The van der Waals surface area contributed by atoms with E-state index in [1.165, 1.54) is 0 Å². The highest BCUT2D eigenvalue weighted by molar-refractivity contribution is 7.90. The summed E-state index contributed by atoms with van der Waals surface area (Å²) in [6.45, 7) is 0. The molecule has 0 radical (unpaired) electrons. The van der Waals surface area contributed by atoms with E-state index in [1.807, 2.05) is 0 Å². The van der Waals surface area contributed by atoms with Crippen LogP contribution in [0.4, 0.5) is 35.1 Å². The molecule has 0 unspecified atom stereocenters. The zero-order valence-electron chi connectivity index (χ0n) is 15.6. The number of aromatic nitrogens is 2. The standard InChI is InChI=1S/C18H10F8N2O3S/c1-32(29,30)13-7-11(19)10(6-12(13)20)15-14(27-16(28-15)17(21,22)23)8-3-2-4-9(5-8)31-18(24,25)26/h2-7H,1H3,(H,27,28). The molecule has 0 saturated heterocycles. The molecule has 0 aliphatic rings. The van der Waals surface area contributed by atoms with Gasteiger partial charge in [0.1, 0.15) is 22.3 Å². The van der Waals surface area contributed by atoms with Crippen molar-refractivity contribution in [2.24, 2.45) is 0 Å². The molecule has 0 spiro atoms. The fourth-order valence-corrected chi connectivity index (χ4v) is 3.49. The van der Waals surface area contributed by atoms with Crippen LogP contribution in [0.3, 0.4) is 0 Å². The average molecular weight is 486 g/mol. The van der Waals surface area contributed by atoms with Crippen molar-refractivity contribution in [3.63, 3.8) is 0 Å². The molecule has 1 N–H and O–H groups in total. The Morgan fingerprint density at radius 3 is 2.19 bits per heavy atom. The number of hydrogen-bond acceptors (Lipinski definition) is 4. The number of rotatable bonds is 4. The van der Waals surface area contributed by atoms with Gasteiger partial charge in [-0.25, -0.2) is 22.2 Å². The highest BCUT2D eigenvalue weighted by atomic mass is 32.2. The maximum Gasteiger partial charge on any atom is 0.573 e. The molecule has 2 aromatic carbocycles. The van der Waals surface area contributed by atoms with Crippen molar-refractivity contribution < 1.29 is 48.3 Å². The molecule has 0 saturated carbocycles. The second-order valence-corrected chi connectivity index (χ2v) is 8.40. The van der Waals surface area contributed by atoms with Crippen molar-refractivity contribution in [3.05, 3.63) is 53.9 Å². The van der Waals surface area contributed by atoms with Gasteiger partial charge in [-0.3, -0.25) is 0 Å². The van der Waals surface area contributed by atoms with Crippen molar-refractivity contribution in [1.82, 2.24) is 9.97 Å². The Labute approximate surface area is 174 Å². The summed E-state index contributed by atoms with van der Waals surface area (Å²) in [4.78, 5) is 4.03. The molecule has 0 aliphatic heterocycles. The van der Waals surface area contributed by atoms with Crippen LogP contribution in [0.5, 0.6) is 5.75 Å². The van der Waals surface area contributed by atoms with Gasteiger partial charge in [-0.05, 0) is 24.3 Å². The summed E-state index contributed by atoms with van der Waals surface area (Å²) in [6.07, 6.45) is -9.57. The summed E-state index contributed by atoms with van der Waals surface area (Å²) >= 11 is 0. The van der Waals surface area contributed by atoms with Crippen LogP contribution in [0.15, 0.2) is 41.3 Å². The number of benzene rings is 2. The molecule has 5 nitrogen and oxygen atoms in total. The molecule has 1 heterocycles. The molecule has 32 heavy (non-hydrogen) atoms. The van der Waals surface area contributed by atoms with Gasteiger partial charge in [0.2, 0.25) is 5.82 Å².